The van der Waals surface area contributed by atoms with Crippen molar-refractivity contribution in [2.45, 2.75) is 25.3 Å². The Morgan fingerprint density at radius 3 is 2.42 bits per heavy atom. The molecule has 0 aliphatic carbocycles. The van der Waals surface area contributed by atoms with Gasteiger partial charge >= 0.3 is 6.03 Å². The number of anilines is 3. The van der Waals surface area contributed by atoms with Gasteiger partial charge in [-0.2, -0.15) is 0 Å². The fraction of sp³-hybridized carbons (Fsp3) is 0.217. The molecular weight excluding hydrogens is 463 g/mol. The molecular formula is C23H22Cl2N6O2. The molecule has 8 nitrogen and oxygen atoms in total. The van der Waals surface area contributed by atoms with E-state index in [1.807, 2.05) is 4.90 Å². The number of nitrogens with zero attached hydrogens (tertiary/aromatic N) is 3. The minimum atomic E-state index is -0.465. The molecule has 33 heavy (non-hydrogen) atoms. The summed E-state index contributed by atoms with van der Waals surface area (Å²) in [5.41, 5.74) is 7.92. The van der Waals surface area contributed by atoms with Gasteiger partial charge in [0.05, 0.1) is 16.1 Å². The number of amides is 3. The predicted octanol–water partition coefficient (Wildman–Crippen LogP) is 5.38. The molecule has 2 aromatic carbocycles. The highest BCUT2D eigenvalue weighted by Gasteiger charge is 2.29. The van der Waals surface area contributed by atoms with Crippen LogP contribution in [0.15, 0.2) is 54.9 Å². The Morgan fingerprint density at radius 2 is 1.70 bits per heavy atom. The van der Waals surface area contributed by atoms with Crippen LogP contribution in [0.3, 0.4) is 0 Å². The van der Waals surface area contributed by atoms with E-state index in [0.29, 0.717) is 33.5 Å². The van der Waals surface area contributed by atoms with Gasteiger partial charge in [-0.25, -0.2) is 14.8 Å². The molecule has 3 aromatic rings. The van der Waals surface area contributed by atoms with Crippen LogP contribution in [0.25, 0.3) is 0 Å². The molecule has 0 saturated carbocycles. The van der Waals surface area contributed by atoms with Crippen molar-refractivity contribution in [1.29, 1.82) is 0 Å². The van der Waals surface area contributed by atoms with E-state index in [4.69, 9.17) is 28.9 Å². The van der Waals surface area contributed by atoms with Gasteiger partial charge in [0, 0.05) is 41.4 Å². The van der Waals surface area contributed by atoms with Crippen LogP contribution in [0.4, 0.5) is 22.1 Å². The summed E-state index contributed by atoms with van der Waals surface area (Å²) < 4.78 is 0. The lowest BCUT2D eigenvalue weighted by atomic mass is 9.96. The van der Waals surface area contributed by atoms with E-state index in [1.165, 1.54) is 0 Å². The van der Waals surface area contributed by atoms with Crippen molar-refractivity contribution in [3.8, 4) is 0 Å². The minimum absolute atomic E-state index is 0.120. The Kier molecular flexibility index (Phi) is 6.96. The molecule has 4 rings (SSSR count). The molecule has 1 saturated heterocycles. The number of rotatable bonds is 4. The second-order valence-corrected chi connectivity index (χ2v) is 8.49. The van der Waals surface area contributed by atoms with Crippen molar-refractivity contribution in [1.82, 2.24) is 14.9 Å². The number of nitrogens with two attached hydrogens (primary N) is 1. The zero-order valence-corrected chi connectivity index (χ0v) is 19.1. The maximum Gasteiger partial charge on any atom is 0.323 e. The molecule has 1 atom stereocenters. The highest BCUT2D eigenvalue weighted by Crippen LogP contribution is 2.32. The van der Waals surface area contributed by atoms with Crippen molar-refractivity contribution in [3.63, 3.8) is 0 Å². The number of hydrogen-bond acceptors (Lipinski definition) is 5. The summed E-state index contributed by atoms with van der Waals surface area (Å²) in [5.74, 6) is 0.0791. The molecule has 1 aromatic heterocycles. The Labute approximate surface area is 201 Å². The molecule has 1 aliphatic rings. The van der Waals surface area contributed by atoms with Gasteiger partial charge in [0.25, 0.3) is 5.91 Å². The largest absolute Gasteiger partial charge is 0.368 e. The van der Waals surface area contributed by atoms with E-state index in [1.54, 1.807) is 54.9 Å². The van der Waals surface area contributed by atoms with E-state index in [2.05, 4.69) is 20.6 Å². The molecule has 3 amide bonds. The van der Waals surface area contributed by atoms with Crippen LogP contribution in [0.1, 0.15) is 41.2 Å². The predicted molar refractivity (Wildman–Crippen MR) is 130 cm³/mol. The van der Waals surface area contributed by atoms with Gasteiger partial charge in [0.15, 0.2) is 0 Å². The number of likely N-dealkylation sites (tertiary alicyclic amines) is 1. The summed E-state index contributed by atoms with van der Waals surface area (Å²) >= 11 is 11.9. The lowest BCUT2D eigenvalue weighted by Gasteiger charge is -2.36. The molecule has 4 N–H and O–H groups in total. The van der Waals surface area contributed by atoms with E-state index < -0.39 is 6.03 Å². The third-order valence-corrected chi connectivity index (χ3v) is 6.12. The highest BCUT2D eigenvalue weighted by molar-refractivity contribution is 6.42. The first kappa shape index (κ1) is 22.8. The van der Waals surface area contributed by atoms with Gasteiger partial charge in [-0.05, 0) is 55.7 Å². The Morgan fingerprint density at radius 1 is 0.970 bits per heavy atom. The quantitative estimate of drug-likeness (QED) is 0.460. The third-order valence-electron chi connectivity index (χ3n) is 5.39. The van der Waals surface area contributed by atoms with E-state index >= 15 is 0 Å². The molecule has 1 unspecified atom stereocenters. The zero-order valence-electron chi connectivity index (χ0n) is 17.6. The lowest BCUT2D eigenvalue weighted by Crippen LogP contribution is -2.38. The number of nitrogen functional groups attached to an aromatic ring is 1. The average Bonchev–Trinajstić information content (AvgIpc) is 2.81. The zero-order chi connectivity index (χ0) is 23.4. The monoisotopic (exact) mass is 484 g/mol. The third kappa shape index (κ3) is 5.53. The Bertz CT molecular complexity index is 1170. The van der Waals surface area contributed by atoms with Gasteiger partial charge in [0.1, 0.15) is 0 Å². The molecule has 0 bridgehead atoms. The Balaban J connectivity index is 1.47. The van der Waals surface area contributed by atoms with Crippen molar-refractivity contribution < 1.29 is 9.59 Å². The number of carbonyl (C=O) groups is 2. The van der Waals surface area contributed by atoms with Crippen LogP contribution in [0.5, 0.6) is 0 Å². The summed E-state index contributed by atoms with van der Waals surface area (Å²) in [6, 6.07) is 11.0. The fourth-order valence-corrected chi connectivity index (χ4v) is 4.10. The van der Waals surface area contributed by atoms with E-state index in [9.17, 15) is 9.59 Å². The topological polar surface area (TPSA) is 113 Å². The maximum atomic E-state index is 13.4. The number of benzene rings is 2. The van der Waals surface area contributed by atoms with Crippen LogP contribution in [0, 0.1) is 0 Å². The van der Waals surface area contributed by atoms with Crippen molar-refractivity contribution >= 4 is 52.5 Å². The first-order valence-electron chi connectivity index (χ1n) is 10.4. The van der Waals surface area contributed by atoms with Gasteiger partial charge in [-0.1, -0.05) is 29.3 Å². The van der Waals surface area contributed by atoms with Crippen LogP contribution in [0.2, 0.25) is 10.0 Å². The maximum absolute atomic E-state index is 13.4. The summed E-state index contributed by atoms with van der Waals surface area (Å²) in [5, 5.41) is 6.17. The SMILES string of the molecule is Nc1ncc(C2CCCCN2C(=O)c2cccc(NC(=O)Nc3ccc(Cl)c(Cl)c3)c2)cn1. The number of carbonyl (C=O) groups excluding carboxylic acids is 2. The summed E-state index contributed by atoms with van der Waals surface area (Å²) in [7, 11) is 0. The van der Waals surface area contributed by atoms with Gasteiger partial charge in [-0.3, -0.25) is 4.79 Å². The molecule has 2 heterocycles. The molecule has 1 fully saturated rings. The van der Waals surface area contributed by atoms with Crippen molar-refractivity contribution in [2.75, 3.05) is 22.9 Å². The molecule has 0 radical (unpaired) electrons. The second-order valence-electron chi connectivity index (χ2n) is 7.67. The molecule has 170 valence electrons. The number of hydrogen-bond donors (Lipinski definition) is 3. The first-order valence-corrected chi connectivity index (χ1v) is 11.2. The summed E-state index contributed by atoms with van der Waals surface area (Å²) in [4.78, 5) is 35.7. The van der Waals surface area contributed by atoms with Gasteiger partial charge in [0.2, 0.25) is 5.95 Å². The van der Waals surface area contributed by atoms with Crippen molar-refractivity contribution in [2.24, 2.45) is 0 Å². The smallest absolute Gasteiger partial charge is 0.323 e. The standard InChI is InChI=1S/C23H22Cl2N6O2/c24-18-8-7-17(11-19(18)25)30-23(33)29-16-5-3-4-14(10-16)21(32)31-9-2-1-6-20(31)15-12-27-22(26)28-13-15/h3-5,7-8,10-13,20H,1-2,6,9H2,(H2,26,27,28)(H2,29,30,33). The molecule has 0 spiro atoms. The fourth-order valence-electron chi connectivity index (χ4n) is 3.80. The van der Waals surface area contributed by atoms with Crippen molar-refractivity contribution in [3.05, 3.63) is 76.0 Å². The second kappa shape index (κ2) is 10.1. The van der Waals surface area contributed by atoms with Crippen LogP contribution in [-0.2, 0) is 0 Å². The van der Waals surface area contributed by atoms with Crippen LogP contribution in [-0.4, -0.2) is 33.4 Å². The van der Waals surface area contributed by atoms with Gasteiger partial charge in [-0.15, -0.1) is 0 Å². The van der Waals surface area contributed by atoms with Gasteiger partial charge < -0.3 is 21.3 Å². The first-order chi connectivity index (χ1) is 15.9. The number of urea groups is 1. The number of nitrogens with one attached hydrogen (secondary N) is 2. The minimum Gasteiger partial charge on any atom is -0.368 e. The summed E-state index contributed by atoms with van der Waals surface area (Å²) in [6.45, 7) is 0.628. The van der Waals surface area contributed by atoms with Crippen LogP contribution >= 0.6 is 23.2 Å². The van der Waals surface area contributed by atoms with E-state index in [0.717, 1.165) is 24.8 Å². The van der Waals surface area contributed by atoms with Crippen LogP contribution < -0.4 is 16.4 Å². The van der Waals surface area contributed by atoms with E-state index in [-0.39, 0.29) is 17.9 Å². The average molecular weight is 485 g/mol. The lowest BCUT2D eigenvalue weighted by molar-refractivity contribution is 0.0611. The number of halogens is 2. The summed E-state index contributed by atoms with van der Waals surface area (Å²) in [6.07, 6.45) is 6.09. The number of piperidine rings is 1. The molecule has 10 heteroatoms. The molecule has 1 aliphatic heterocycles. The Hall–Kier alpha value is -3.36. The number of aromatic nitrogens is 2. The normalized spacial score (nSPS) is 15.7. The highest BCUT2D eigenvalue weighted by atomic mass is 35.5.